The van der Waals surface area contributed by atoms with Crippen LogP contribution in [0.2, 0.25) is 0 Å². The maximum atomic E-state index is 9.46. The van der Waals surface area contributed by atoms with Gasteiger partial charge in [0.25, 0.3) is 0 Å². The molecule has 1 fully saturated rings. The average molecular weight is 221 g/mol. The molecule has 1 aliphatic rings. The van der Waals surface area contributed by atoms with E-state index in [1.165, 1.54) is 0 Å². The van der Waals surface area contributed by atoms with Crippen LogP contribution in [0.25, 0.3) is 0 Å². The predicted octanol–water partition coefficient (Wildman–Crippen LogP) is 1.06. The molecular formula is C12H19N3O. The summed E-state index contributed by atoms with van der Waals surface area (Å²) in [6.07, 6.45) is 3.39. The van der Waals surface area contributed by atoms with Crippen molar-refractivity contribution in [1.82, 2.24) is 4.98 Å². The first-order valence-corrected chi connectivity index (χ1v) is 5.85. The molecule has 0 bridgehead atoms. The van der Waals surface area contributed by atoms with Crippen LogP contribution in [0.1, 0.15) is 31.5 Å². The maximum Gasteiger partial charge on any atom is 0.0731 e. The highest BCUT2D eigenvalue weighted by molar-refractivity contribution is 5.46. The lowest BCUT2D eigenvalue weighted by Crippen LogP contribution is -2.21. The van der Waals surface area contributed by atoms with Gasteiger partial charge in [0.05, 0.1) is 23.7 Å². The van der Waals surface area contributed by atoms with Crippen molar-refractivity contribution in [3.8, 4) is 0 Å². The van der Waals surface area contributed by atoms with E-state index in [-0.39, 0.29) is 12.1 Å². The van der Waals surface area contributed by atoms with Gasteiger partial charge in [0.15, 0.2) is 0 Å². The molecule has 4 heteroatoms. The molecule has 16 heavy (non-hydrogen) atoms. The highest BCUT2D eigenvalue weighted by Crippen LogP contribution is 2.21. The fourth-order valence-corrected chi connectivity index (χ4v) is 1.99. The SMILES string of the molecule is CC[C@@H](N)c1ccc(N2CCC(O)C2)cn1. The number of aliphatic hydroxyl groups excluding tert-OH is 1. The van der Waals surface area contributed by atoms with Crippen LogP contribution < -0.4 is 10.6 Å². The summed E-state index contributed by atoms with van der Waals surface area (Å²) in [5, 5.41) is 9.46. The molecule has 0 aromatic carbocycles. The van der Waals surface area contributed by atoms with Gasteiger partial charge in [-0.15, -0.1) is 0 Å². The zero-order valence-corrected chi connectivity index (χ0v) is 9.63. The van der Waals surface area contributed by atoms with Crippen molar-refractivity contribution in [3.63, 3.8) is 0 Å². The molecule has 4 nitrogen and oxygen atoms in total. The van der Waals surface area contributed by atoms with E-state index < -0.39 is 0 Å². The van der Waals surface area contributed by atoms with E-state index in [2.05, 4.69) is 16.8 Å². The molecule has 0 amide bonds. The second kappa shape index (κ2) is 4.80. The van der Waals surface area contributed by atoms with Gasteiger partial charge < -0.3 is 15.7 Å². The quantitative estimate of drug-likeness (QED) is 0.801. The Labute approximate surface area is 96.1 Å². The van der Waals surface area contributed by atoms with Crippen LogP contribution in [0.5, 0.6) is 0 Å². The molecule has 2 rings (SSSR count). The summed E-state index contributed by atoms with van der Waals surface area (Å²) in [4.78, 5) is 6.52. The molecule has 1 aromatic heterocycles. The van der Waals surface area contributed by atoms with E-state index in [1.807, 2.05) is 18.3 Å². The number of hydrogen-bond acceptors (Lipinski definition) is 4. The van der Waals surface area contributed by atoms with Crippen molar-refractivity contribution in [1.29, 1.82) is 0 Å². The number of aliphatic hydroxyl groups is 1. The van der Waals surface area contributed by atoms with E-state index in [1.54, 1.807) is 0 Å². The van der Waals surface area contributed by atoms with Crippen LogP contribution in [0.15, 0.2) is 18.3 Å². The van der Waals surface area contributed by atoms with E-state index in [0.29, 0.717) is 6.54 Å². The number of pyridine rings is 1. The summed E-state index contributed by atoms with van der Waals surface area (Å²) in [6.45, 7) is 3.67. The van der Waals surface area contributed by atoms with Gasteiger partial charge in [-0.1, -0.05) is 6.92 Å². The Balaban J connectivity index is 2.07. The Bertz CT molecular complexity index is 339. The monoisotopic (exact) mass is 221 g/mol. The molecule has 88 valence electrons. The van der Waals surface area contributed by atoms with Gasteiger partial charge in [-0.25, -0.2) is 0 Å². The summed E-state index contributed by atoms with van der Waals surface area (Å²) < 4.78 is 0. The van der Waals surface area contributed by atoms with Gasteiger partial charge in [-0.05, 0) is 25.0 Å². The van der Waals surface area contributed by atoms with Gasteiger partial charge in [0, 0.05) is 19.1 Å². The largest absolute Gasteiger partial charge is 0.391 e. The van der Waals surface area contributed by atoms with Crippen molar-refractivity contribution >= 4 is 5.69 Å². The Morgan fingerprint density at radius 2 is 2.44 bits per heavy atom. The molecule has 1 aromatic rings. The van der Waals surface area contributed by atoms with Gasteiger partial charge in [-0.2, -0.15) is 0 Å². The predicted molar refractivity (Wildman–Crippen MR) is 64.3 cm³/mol. The van der Waals surface area contributed by atoms with E-state index >= 15 is 0 Å². The molecule has 2 heterocycles. The molecular weight excluding hydrogens is 202 g/mol. The third-order valence-electron chi connectivity index (χ3n) is 3.12. The number of hydrogen-bond donors (Lipinski definition) is 2. The summed E-state index contributed by atoms with van der Waals surface area (Å²) in [5.74, 6) is 0. The van der Waals surface area contributed by atoms with Gasteiger partial charge in [0.1, 0.15) is 0 Å². The smallest absolute Gasteiger partial charge is 0.0731 e. The van der Waals surface area contributed by atoms with Crippen molar-refractivity contribution in [2.24, 2.45) is 5.73 Å². The minimum Gasteiger partial charge on any atom is -0.391 e. The lowest BCUT2D eigenvalue weighted by molar-refractivity contribution is 0.198. The van der Waals surface area contributed by atoms with E-state index in [9.17, 15) is 5.11 Å². The first-order chi connectivity index (χ1) is 7.70. The fraction of sp³-hybridized carbons (Fsp3) is 0.583. The summed E-state index contributed by atoms with van der Waals surface area (Å²) >= 11 is 0. The normalized spacial score (nSPS) is 22.4. The van der Waals surface area contributed by atoms with Crippen LogP contribution in [0.3, 0.4) is 0 Å². The Morgan fingerprint density at radius 3 is 2.94 bits per heavy atom. The second-order valence-electron chi connectivity index (χ2n) is 4.34. The number of anilines is 1. The maximum absolute atomic E-state index is 9.46. The van der Waals surface area contributed by atoms with Gasteiger partial charge >= 0.3 is 0 Å². The number of nitrogens with zero attached hydrogens (tertiary/aromatic N) is 2. The van der Waals surface area contributed by atoms with Crippen molar-refractivity contribution in [2.75, 3.05) is 18.0 Å². The topological polar surface area (TPSA) is 62.4 Å². The van der Waals surface area contributed by atoms with Crippen LogP contribution in [-0.4, -0.2) is 29.3 Å². The second-order valence-corrected chi connectivity index (χ2v) is 4.34. The van der Waals surface area contributed by atoms with Crippen molar-refractivity contribution in [3.05, 3.63) is 24.0 Å². The highest BCUT2D eigenvalue weighted by atomic mass is 16.3. The Kier molecular flexibility index (Phi) is 3.41. The van der Waals surface area contributed by atoms with Crippen LogP contribution >= 0.6 is 0 Å². The minimum atomic E-state index is -0.197. The van der Waals surface area contributed by atoms with Crippen molar-refractivity contribution in [2.45, 2.75) is 31.9 Å². The first kappa shape index (κ1) is 11.4. The Hall–Kier alpha value is -1.13. The number of aromatic nitrogens is 1. The fourth-order valence-electron chi connectivity index (χ4n) is 1.99. The molecule has 2 atom stereocenters. The molecule has 1 unspecified atom stereocenters. The molecule has 0 saturated carbocycles. The molecule has 1 saturated heterocycles. The summed E-state index contributed by atoms with van der Waals surface area (Å²) in [5.41, 5.74) is 7.91. The van der Waals surface area contributed by atoms with E-state index in [4.69, 9.17) is 5.73 Å². The minimum absolute atomic E-state index is 0.0261. The number of β-amino-alcohol motifs (C(OH)–C–C–N with tert-alkyl or cyclic N) is 1. The molecule has 3 N–H and O–H groups in total. The standard InChI is InChI=1S/C12H19N3O/c1-2-11(13)12-4-3-9(7-14-12)15-6-5-10(16)8-15/h3-4,7,10-11,16H,2,5-6,8,13H2,1H3/t10?,11-/m1/s1. The number of nitrogens with two attached hydrogens (primary N) is 1. The van der Waals surface area contributed by atoms with Gasteiger partial charge in [-0.3, -0.25) is 4.98 Å². The molecule has 0 spiro atoms. The third kappa shape index (κ3) is 2.33. The molecule has 1 aliphatic heterocycles. The lowest BCUT2D eigenvalue weighted by Gasteiger charge is -2.18. The average Bonchev–Trinajstić information content (AvgIpc) is 2.75. The zero-order chi connectivity index (χ0) is 11.5. The zero-order valence-electron chi connectivity index (χ0n) is 9.63. The summed E-state index contributed by atoms with van der Waals surface area (Å²) in [7, 11) is 0. The number of rotatable bonds is 3. The Morgan fingerprint density at radius 1 is 1.62 bits per heavy atom. The lowest BCUT2D eigenvalue weighted by atomic mass is 10.1. The summed E-state index contributed by atoms with van der Waals surface area (Å²) in [6, 6.07) is 4.04. The first-order valence-electron chi connectivity index (χ1n) is 5.85. The van der Waals surface area contributed by atoms with Gasteiger partial charge in [0.2, 0.25) is 0 Å². The highest BCUT2D eigenvalue weighted by Gasteiger charge is 2.20. The molecule has 0 aliphatic carbocycles. The third-order valence-corrected chi connectivity index (χ3v) is 3.12. The molecule has 0 radical (unpaired) electrons. The van der Waals surface area contributed by atoms with Crippen molar-refractivity contribution < 1.29 is 5.11 Å². The van der Waals surface area contributed by atoms with Crippen LogP contribution in [0, 0.1) is 0 Å². The van der Waals surface area contributed by atoms with Crippen LogP contribution in [0.4, 0.5) is 5.69 Å². The van der Waals surface area contributed by atoms with E-state index in [0.717, 1.165) is 30.8 Å². The van der Waals surface area contributed by atoms with Crippen LogP contribution in [-0.2, 0) is 0 Å².